The van der Waals surface area contributed by atoms with E-state index in [2.05, 4.69) is 15.0 Å². The highest BCUT2D eigenvalue weighted by Crippen LogP contribution is 2.35. The molecule has 0 saturated heterocycles. The van der Waals surface area contributed by atoms with Crippen LogP contribution in [0.25, 0.3) is 5.69 Å². The number of sulfonamides is 1. The lowest BCUT2D eigenvalue weighted by molar-refractivity contribution is -0.137. The summed E-state index contributed by atoms with van der Waals surface area (Å²) in [6.07, 6.45) is -3.24. The number of nitrogens with zero attached hydrogens (tertiary/aromatic N) is 3. The number of halogens is 4. The first-order chi connectivity index (χ1) is 12.2. The molecule has 0 radical (unpaired) electrons. The van der Waals surface area contributed by atoms with Gasteiger partial charge in [0, 0.05) is 5.38 Å². The van der Waals surface area contributed by atoms with Crippen LogP contribution in [-0.2, 0) is 22.7 Å². The van der Waals surface area contributed by atoms with Crippen LogP contribution >= 0.6 is 22.9 Å². The molecular formula is C14H10ClF3N4O2S2. The first-order valence-corrected chi connectivity index (χ1v) is 9.77. The molecule has 1 aromatic carbocycles. The van der Waals surface area contributed by atoms with Crippen LogP contribution in [0.1, 0.15) is 11.3 Å². The Hall–Kier alpha value is -1.95. The van der Waals surface area contributed by atoms with Crippen molar-refractivity contribution in [3.63, 3.8) is 0 Å². The lowest BCUT2D eigenvalue weighted by atomic mass is 10.2. The predicted octanol–water partition coefficient (Wildman–Crippen LogP) is 3.48. The average Bonchev–Trinajstić information content (AvgIpc) is 3.23. The molecule has 12 heteroatoms. The van der Waals surface area contributed by atoms with Crippen molar-refractivity contribution in [3.05, 3.63) is 57.5 Å². The molecule has 2 aromatic heterocycles. The van der Waals surface area contributed by atoms with E-state index in [1.807, 2.05) is 10.8 Å². The number of hydrogen-bond acceptors (Lipinski definition) is 5. The third kappa shape index (κ3) is 4.06. The van der Waals surface area contributed by atoms with Crippen LogP contribution < -0.4 is 4.72 Å². The van der Waals surface area contributed by atoms with Gasteiger partial charge in [0.2, 0.25) is 10.0 Å². The number of aromatic nitrogens is 3. The van der Waals surface area contributed by atoms with Crippen LogP contribution in [0, 0.1) is 0 Å². The van der Waals surface area contributed by atoms with Gasteiger partial charge in [0.05, 0.1) is 39.6 Å². The zero-order valence-electron chi connectivity index (χ0n) is 12.7. The molecule has 0 saturated carbocycles. The van der Waals surface area contributed by atoms with Gasteiger partial charge in [-0.1, -0.05) is 16.8 Å². The summed E-state index contributed by atoms with van der Waals surface area (Å²) in [6.45, 7) is -0.226. The second kappa shape index (κ2) is 6.99. The van der Waals surface area contributed by atoms with Crippen LogP contribution in [-0.4, -0.2) is 23.4 Å². The van der Waals surface area contributed by atoms with Gasteiger partial charge < -0.3 is 0 Å². The molecule has 2 heterocycles. The number of hydrogen-bond donors (Lipinski definition) is 1. The summed E-state index contributed by atoms with van der Waals surface area (Å²) < 4.78 is 66.8. The minimum absolute atomic E-state index is 0.226. The van der Waals surface area contributed by atoms with Crippen LogP contribution in [0.3, 0.4) is 0 Å². The van der Waals surface area contributed by atoms with Crippen molar-refractivity contribution in [1.29, 1.82) is 0 Å². The lowest BCUT2D eigenvalue weighted by Crippen LogP contribution is -2.24. The molecule has 0 atom stereocenters. The number of rotatable bonds is 5. The van der Waals surface area contributed by atoms with Gasteiger partial charge in [-0.15, -0.1) is 5.10 Å². The van der Waals surface area contributed by atoms with Gasteiger partial charge in [-0.05, 0) is 29.6 Å². The van der Waals surface area contributed by atoms with Crippen LogP contribution in [0.5, 0.6) is 0 Å². The van der Waals surface area contributed by atoms with E-state index < -0.39 is 31.7 Å². The Morgan fingerprint density at radius 3 is 2.69 bits per heavy atom. The molecule has 0 unspecified atom stereocenters. The van der Waals surface area contributed by atoms with E-state index in [9.17, 15) is 21.6 Å². The van der Waals surface area contributed by atoms with E-state index in [-0.39, 0.29) is 6.54 Å². The van der Waals surface area contributed by atoms with Crippen molar-refractivity contribution < 1.29 is 21.6 Å². The minimum Gasteiger partial charge on any atom is -0.220 e. The van der Waals surface area contributed by atoms with Gasteiger partial charge in [0.1, 0.15) is 0 Å². The summed E-state index contributed by atoms with van der Waals surface area (Å²) in [7, 11) is -4.19. The fourth-order valence-corrected chi connectivity index (χ4v) is 3.91. The third-order valence-corrected chi connectivity index (χ3v) is 5.71. The van der Waals surface area contributed by atoms with Crippen molar-refractivity contribution in [3.8, 4) is 5.69 Å². The SMILES string of the molecule is O=S(=O)(NCc1cn(-c2ccsc2)nn1)c1ccc(Cl)c(C(F)(F)F)c1. The Morgan fingerprint density at radius 2 is 2.04 bits per heavy atom. The Bertz CT molecular complexity index is 1020. The lowest BCUT2D eigenvalue weighted by Gasteiger charge is -2.11. The Labute approximate surface area is 155 Å². The van der Waals surface area contributed by atoms with Gasteiger partial charge in [-0.2, -0.15) is 24.5 Å². The highest BCUT2D eigenvalue weighted by Gasteiger charge is 2.34. The average molecular weight is 423 g/mol. The topological polar surface area (TPSA) is 76.9 Å². The number of benzene rings is 1. The molecule has 0 aliphatic carbocycles. The van der Waals surface area contributed by atoms with Crippen molar-refractivity contribution in [2.75, 3.05) is 0 Å². The summed E-state index contributed by atoms with van der Waals surface area (Å²) in [5.74, 6) is 0. The minimum atomic E-state index is -4.76. The van der Waals surface area contributed by atoms with E-state index in [0.717, 1.165) is 17.8 Å². The fraction of sp³-hybridized carbons (Fsp3) is 0.143. The molecule has 6 nitrogen and oxygen atoms in total. The van der Waals surface area contributed by atoms with Crippen molar-refractivity contribution in [2.45, 2.75) is 17.6 Å². The largest absolute Gasteiger partial charge is 0.417 e. The van der Waals surface area contributed by atoms with Gasteiger partial charge in [0.15, 0.2) is 0 Å². The predicted molar refractivity (Wildman–Crippen MR) is 89.7 cm³/mol. The van der Waals surface area contributed by atoms with Crippen LogP contribution in [0.2, 0.25) is 5.02 Å². The van der Waals surface area contributed by atoms with E-state index in [0.29, 0.717) is 11.8 Å². The second-order valence-corrected chi connectivity index (χ2v) is 8.05. The first kappa shape index (κ1) is 18.8. The zero-order chi connectivity index (χ0) is 18.9. The fourth-order valence-electron chi connectivity index (χ4n) is 2.03. The standard InChI is InChI=1S/C14H10ClF3N4O2S2/c15-13-2-1-11(5-12(13)14(16,17)18)26(23,24)19-6-9-7-22(21-20-9)10-3-4-25-8-10/h1-5,7-8,19H,6H2. The third-order valence-electron chi connectivity index (χ3n) is 3.31. The zero-order valence-corrected chi connectivity index (χ0v) is 15.1. The molecule has 1 N–H and O–H groups in total. The maximum absolute atomic E-state index is 12.9. The highest BCUT2D eigenvalue weighted by molar-refractivity contribution is 7.89. The molecule has 26 heavy (non-hydrogen) atoms. The van der Waals surface area contributed by atoms with Gasteiger partial charge in [-0.3, -0.25) is 0 Å². The molecule has 0 bridgehead atoms. The van der Waals surface area contributed by atoms with Crippen LogP contribution in [0.4, 0.5) is 13.2 Å². The summed E-state index contributed by atoms with van der Waals surface area (Å²) in [5, 5.41) is 10.8. The molecule has 0 aliphatic heterocycles. The smallest absolute Gasteiger partial charge is 0.220 e. The molecule has 0 fully saturated rings. The van der Waals surface area contributed by atoms with Crippen molar-refractivity contribution in [1.82, 2.24) is 19.7 Å². The van der Waals surface area contributed by atoms with Crippen molar-refractivity contribution >= 4 is 33.0 Å². The van der Waals surface area contributed by atoms with E-state index in [4.69, 9.17) is 11.6 Å². The summed E-state index contributed by atoms with van der Waals surface area (Å²) in [5.41, 5.74) is -0.139. The molecular weight excluding hydrogens is 413 g/mol. The van der Waals surface area contributed by atoms with Gasteiger partial charge in [0.25, 0.3) is 0 Å². The van der Waals surface area contributed by atoms with Crippen LogP contribution in [0.15, 0.2) is 46.1 Å². The van der Waals surface area contributed by atoms with E-state index in [1.54, 1.807) is 6.07 Å². The van der Waals surface area contributed by atoms with Gasteiger partial charge in [-0.25, -0.2) is 17.8 Å². The van der Waals surface area contributed by atoms with E-state index >= 15 is 0 Å². The second-order valence-electron chi connectivity index (χ2n) is 5.10. The molecule has 0 aliphatic rings. The Morgan fingerprint density at radius 1 is 1.27 bits per heavy atom. The molecule has 3 aromatic rings. The Kier molecular flexibility index (Phi) is 5.06. The number of thiophene rings is 1. The summed E-state index contributed by atoms with van der Waals surface area (Å²) >= 11 is 6.96. The van der Waals surface area contributed by atoms with Gasteiger partial charge >= 0.3 is 6.18 Å². The first-order valence-electron chi connectivity index (χ1n) is 6.97. The molecule has 3 rings (SSSR count). The Balaban J connectivity index is 1.78. The summed E-state index contributed by atoms with van der Waals surface area (Å²) in [6, 6.07) is 4.19. The van der Waals surface area contributed by atoms with Crippen molar-refractivity contribution in [2.24, 2.45) is 0 Å². The number of nitrogens with one attached hydrogen (secondary N) is 1. The molecule has 0 amide bonds. The number of alkyl halides is 3. The van der Waals surface area contributed by atoms with E-state index in [1.165, 1.54) is 22.2 Å². The normalized spacial score (nSPS) is 12.5. The monoisotopic (exact) mass is 422 g/mol. The molecule has 0 spiro atoms. The summed E-state index contributed by atoms with van der Waals surface area (Å²) in [4.78, 5) is -0.542. The highest BCUT2D eigenvalue weighted by atomic mass is 35.5. The maximum Gasteiger partial charge on any atom is 0.417 e. The quantitative estimate of drug-likeness (QED) is 0.683. The maximum atomic E-state index is 12.9. The molecule has 138 valence electrons.